The van der Waals surface area contributed by atoms with Gasteiger partial charge in [0.15, 0.2) is 0 Å². The number of aromatic nitrogens is 1. The Hall–Kier alpha value is -2.22. The molecule has 1 atom stereocenters. The molecule has 2 aliphatic rings. The van der Waals surface area contributed by atoms with Gasteiger partial charge in [0.25, 0.3) is 0 Å². The van der Waals surface area contributed by atoms with Crippen LogP contribution in [-0.4, -0.2) is 65.3 Å². The van der Waals surface area contributed by atoms with E-state index in [9.17, 15) is 18.0 Å². The quantitative estimate of drug-likeness (QED) is 0.700. The SMILES string of the molecule is CC(=O)N1CCCC(CN2CCC(Oc3cccc4c3ccn4CC(F)(F)F)CC2)C1. The van der Waals surface area contributed by atoms with Crippen LogP contribution in [0.25, 0.3) is 10.9 Å². The predicted octanol–water partition coefficient (Wildman–Crippen LogP) is 4.31. The van der Waals surface area contributed by atoms with Gasteiger partial charge in [-0.25, -0.2) is 0 Å². The fraction of sp³-hybridized carbons (Fsp3) is 0.609. The number of halogens is 3. The Morgan fingerprint density at radius 2 is 1.90 bits per heavy atom. The van der Waals surface area contributed by atoms with E-state index in [1.54, 1.807) is 25.1 Å². The highest BCUT2D eigenvalue weighted by Crippen LogP contribution is 2.31. The molecule has 0 N–H and O–H groups in total. The molecule has 170 valence electrons. The molecule has 31 heavy (non-hydrogen) atoms. The predicted molar refractivity (Wildman–Crippen MR) is 113 cm³/mol. The van der Waals surface area contributed by atoms with Crippen LogP contribution in [0.15, 0.2) is 30.5 Å². The van der Waals surface area contributed by atoms with Gasteiger partial charge >= 0.3 is 6.18 Å². The number of amides is 1. The first kappa shape index (κ1) is 22.0. The maximum atomic E-state index is 12.8. The summed E-state index contributed by atoms with van der Waals surface area (Å²) in [6.45, 7) is 5.25. The second-order valence-electron chi connectivity index (χ2n) is 8.84. The third kappa shape index (κ3) is 5.53. The third-order valence-corrected chi connectivity index (χ3v) is 6.43. The number of ether oxygens (including phenoxy) is 1. The van der Waals surface area contributed by atoms with Gasteiger partial charge in [0.05, 0.1) is 5.52 Å². The minimum atomic E-state index is -4.25. The number of fused-ring (bicyclic) bond motifs is 1. The van der Waals surface area contributed by atoms with E-state index in [0.29, 0.717) is 17.2 Å². The number of alkyl halides is 3. The van der Waals surface area contributed by atoms with E-state index in [1.165, 1.54) is 10.8 Å². The molecule has 0 aliphatic carbocycles. The Kier molecular flexibility index (Phi) is 6.46. The molecular weight excluding hydrogens is 407 g/mol. The highest BCUT2D eigenvalue weighted by atomic mass is 19.4. The van der Waals surface area contributed by atoms with E-state index in [1.807, 2.05) is 11.0 Å². The summed E-state index contributed by atoms with van der Waals surface area (Å²) in [5.74, 6) is 1.34. The van der Waals surface area contributed by atoms with Crippen molar-refractivity contribution in [3.05, 3.63) is 30.5 Å². The van der Waals surface area contributed by atoms with E-state index in [0.717, 1.165) is 63.8 Å². The van der Waals surface area contributed by atoms with Crippen molar-refractivity contribution in [3.8, 4) is 5.75 Å². The molecule has 5 nitrogen and oxygen atoms in total. The molecule has 2 aromatic rings. The fourth-order valence-electron chi connectivity index (χ4n) is 4.88. The maximum Gasteiger partial charge on any atom is 0.406 e. The molecule has 0 spiro atoms. The Balaban J connectivity index is 1.32. The molecule has 8 heteroatoms. The van der Waals surface area contributed by atoms with Gasteiger partial charge in [-0.3, -0.25) is 4.79 Å². The van der Waals surface area contributed by atoms with Crippen LogP contribution in [0.2, 0.25) is 0 Å². The molecule has 0 radical (unpaired) electrons. The van der Waals surface area contributed by atoms with E-state index >= 15 is 0 Å². The number of hydrogen-bond acceptors (Lipinski definition) is 3. The van der Waals surface area contributed by atoms with Crippen LogP contribution in [0.4, 0.5) is 13.2 Å². The summed E-state index contributed by atoms with van der Waals surface area (Å²) in [6.07, 6.45) is 1.30. The molecule has 2 saturated heterocycles. The fourth-order valence-corrected chi connectivity index (χ4v) is 4.88. The van der Waals surface area contributed by atoms with E-state index < -0.39 is 12.7 Å². The number of carbonyl (C=O) groups is 1. The largest absolute Gasteiger partial charge is 0.490 e. The van der Waals surface area contributed by atoms with Crippen molar-refractivity contribution >= 4 is 16.8 Å². The van der Waals surface area contributed by atoms with Gasteiger partial charge < -0.3 is 19.1 Å². The molecule has 0 bridgehead atoms. The Morgan fingerprint density at radius 1 is 1.13 bits per heavy atom. The molecule has 2 aliphatic heterocycles. The molecule has 1 aromatic carbocycles. The first-order chi connectivity index (χ1) is 14.8. The Labute approximate surface area is 180 Å². The van der Waals surface area contributed by atoms with Crippen molar-refractivity contribution in [2.75, 3.05) is 32.7 Å². The number of likely N-dealkylation sites (tertiary alicyclic amines) is 2. The zero-order valence-electron chi connectivity index (χ0n) is 17.9. The normalized spacial score (nSPS) is 21.5. The van der Waals surface area contributed by atoms with E-state index in [-0.39, 0.29) is 12.0 Å². The molecule has 1 aromatic heterocycles. The summed E-state index contributed by atoms with van der Waals surface area (Å²) in [4.78, 5) is 16.1. The molecule has 1 unspecified atom stereocenters. The van der Waals surface area contributed by atoms with Crippen LogP contribution < -0.4 is 4.74 Å². The Morgan fingerprint density at radius 3 is 2.61 bits per heavy atom. The second kappa shape index (κ2) is 9.10. The van der Waals surface area contributed by atoms with Crippen LogP contribution >= 0.6 is 0 Å². The van der Waals surface area contributed by atoms with Crippen LogP contribution in [-0.2, 0) is 11.3 Å². The molecule has 4 rings (SSSR count). The zero-order chi connectivity index (χ0) is 22.0. The second-order valence-corrected chi connectivity index (χ2v) is 8.84. The number of rotatable bonds is 5. The molecule has 2 fully saturated rings. The lowest BCUT2D eigenvalue weighted by Gasteiger charge is -2.38. The minimum absolute atomic E-state index is 0.0629. The summed E-state index contributed by atoms with van der Waals surface area (Å²) >= 11 is 0. The average Bonchev–Trinajstić information content (AvgIpc) is 3.12. The van der Waals surface area contributed by atoms with Crippen molar-refractivity contribution in [2.45, 2.75) is 51.4 Å². The number of hydrogen-bond donors (Lipinski definition) is 0. The standard InChI is InChI=1S/C23H30F3N3O2/c1-17(30)28-10-3-4-18(15-28)14-27-11-7-19(8-12-27)31-22-6-2-5-21-20(22)9-13-29(21)16-23(24,25)26/h2,5-6,9,13,18-19H,3-4,7-8,10-12,14-16H2,1H3. The van der Waals surface area contributed by atoms with Gasteiger partial charge in [0.2, 0.25) is 5.91 Å². The summed E-state index contributed by atoms with van der Waals surface area (Å²) in [6, 6.07) is 7.00. The summed E-state index contributed by atoms with van der Waals surface area (Å²) in [7, 11) is 0. The van der Waals surface area contributed by atoms with Gasteiger partial charge in [-0.05, 0) is 49.8 Å². The van der Waals surface area contributed by atoms with Crippen molar-refractivity contribution in [1.82, 2.24) is 14.4 Å². The van der Waals surface area contributed by atoms with Crippen molar-refractivity contribution in [1.29, 1.82) is 0 Å². The summed E-state index contributed by atoms with van der Waals surface area (Å²) in [5.41, 5.74) is 0.541. The van der Waals surface area contributed by atoms with E-state index in [4.69, 9.17) is 4.74 Å². The van der Waals surface area contributed by atoms with Crippen LogP contribution in [0, 0.1) is 5.92 Å². The number of benzene rings is 1. The third-order valence-electron chi connectivity index (χ3n) is 6.43. The maximum absolute atomic E-state index is 12.8. The molecule has 1 amide bonds. The minimum Gasteiger partial charge on any atom is -0.490 e. The first-order valence-electron chi connectivity index (χ1n) is 11.1. The van der Waals surface area contributed by atoms with Gasteiger partial charge in [-0.15, -0.1) is 0 Å². The van der Waals surface area contributed by atoms with Gasteiger partial charge in [-0.2, -0.15) is 13.2 Å². The van der Waals surface area contributed by atoms with Crippen LogP contribution in [0.3, 0.4) is 0 Å². The Bertz CT molecular complexity index is 903. The summed E-state index contributed by atoms with van der Waals surface area (Å²) in [5, 5.41) is 0.723. The topological polar surface area (TPSA) is 37.7 Å². The number of nitrogens with zero attached hydrogens (tertiary/aromatic N) is 3. The lowest BCUT2D eigenvalue weighted by Crippen LogP contribution is -2.45. The molecule has 3 heterocycles. The monoisotopic (exact) mass is 437 g/mol. The molecule has 0 saturated carbocycles. The smallest absolute Gasteiger partial charge is 0.406 e. The highest BCUT2D eigenvalue weighted by Gasteiger charge is 2.29. The number of carbonyl (C=O) groups excluding carboxylic acids is 1. The first-order valence-corrected chi connectivity index (χ1v) is 11.1. The van der Waals surface area contributed by atoms with Crippen molar-refractivity contribution in [3.63, 3.8) is 0 Å². The lowest BCUT2D eigenvalue weighted by molar-refractivity contribution is -0.139. The van der Waals surface area contributed by atoms with Gasteiger partial charge in [0.1, 0.15) is 18.4 Å². The average molecular weight is 438 g/mol. The van der Waals surface area contributed by atoms with Crippen molar-refractivity contribution < 1.29 is 22.7 Å². The summed E-state index contributed by atoms with van der Waals surface area (Å²) < 4.78 is 45.9. The van der Waals surface area contributed by atoms with Crippen LogP contribution in [0.1, 0.15) is 32.6 Å². The lowest BCUT2D eigenvalue weighted by atomic mass is 9.96. The van der Waals surface area contributed by atoms with Gasteiger partial charge in [0, 0.05) is 51.2 Å². The van der Waals surface area contributed by atoms with Crippen LogP contribution in [0.5, 0.6) is 5.75 Å². The number of piperidine rings is 2. The van der Waals surface area contributed by atoms with Gasteiger partial charge in [-0.1, -0.05) is 6.07 Å². The van der Waals surface area contributed by atoms with E-state index in [2.05, 4.69) is 4.90 Å². The highest BCUT2D eigenvalue weighted by molar-refractivity contribution is 5.86. The van der Waals surface area contributed by atoms with Crippen molar-refractivity contribution in [2.24, 2.45) is 5.92 Å². The molecular formula is C23H30F3N3O2. The zero-order valence-corrected chi connectivity index (χ0v) is 17.9.